The van der Waals surface area contributed by atoms with E-state index in [9.17, 15) is 0 Å². The van der Waals surface area contributed by atoms with Crippen LogP contribution in [0.3, 0.4) is 0 Å². The van der Waals surface area contributed by atoms with Gasteiger partial charge in [-0.25, -0.2) is 0 Å². The Morgan fingerprint density at radius 3 is 2.34 bits per heavy atom. The van der Waals surface area contributed by atoms with Crippen molar-refractivity contribution in [3.63, 3.8) is 0 Å². The largest absolute Gasteiger partial charge is 0.399 e. The van der Waals surface area contributed by atoms with Gasteiger partial charge in [0.15, 0.2) is 0 Å². The van der Waals surface area contributed by atoms with Gasteiger partial charge in [0, 0.05) is 11.4 Å². The molecule has 1 aromatic carbocycles. The highest BCUT2D eigenvalue weighted by Gasteiger charge is 2.59. The number of nitrogen functional groups attached to an aromatic ring is 2. The highest BCUT2D eigenvalue weighted by molar-refractivity contribution is 5.55. The summed E-state index contributed by atoms with van der Waals surface area (Å²) in [6.07, 6.45) is 20.1. The molecule has 4 aliphatic rings. The molecule has 0 radical (unpaired) electrons. The van der Waals surface area contributed by atoms with E-state index >= 15 is 0 Å². The van der Waals surface area contributed by atoms with Gasteiger partial charge in [0.25, 0.3) is 0 Å². The maximum Gasteiger partial charge on any atom is 0.0337 e. The predicted molar refractivity (Wildman–Crippen MR) is 151 cm³/mol. The fraction of sp³-hybridized carbons (Fsp3) is 0.697. The van der Waals surface area contributed by atoms with Crippen molar-refractivity contribution in [2.24, 2.45) is 46.3 Å². The fourth-order valence-corrected chi connectivity index (χ4v) is 9.67. The summed E-state index contributed by atoms with van der Waals surface area (Å²) in [4.78, 5) is 0. The normalized spacial score (nSPS) is 40.9. The van der Waals surface area contributed by atoms with Gasteiger partial charge >= 0.3 is 0 Å². The van der Waals surface area contributed by atoms with E-state index < -0.39 is 0 Å². The predicted octanol–water partition coefficient (Wildman–Crippen LogP) is 8.75. The van der Waals surface area contributed by atoms with Crippen LogP contribution in [0.2, 0.25) is 0 Å². The molecular weight excluding hydrogens is 424 g/mol. The first-order valence-corrected chi connectivity index (χ1v) is 14.6. The van der Waals surface area contributed by atoms with E-state index in [0.717, 1.165) is 41.0 Å². The van der Waals surface area contributed by atoms with Gasteiger partial charge in [-0.2, -0.15) is 0 Å². The third-order valence-electron chi connectivity index (χ3n) is 11.6. The molecule has 192 valence electrons. The summed E-state index contributed by atoms with van der Waals surface area (Å²) < 4.78 is 0. The Labute approximate surface area is 215 Å². The van der Waals surface area contributed by atoms with Crippen LogP contribution < -0.4 is 11.5 Å². The van der Waals surface area contributed by atoms with E-state index in [1.54, 1.807) is 0 Å². The van der Waals surface area contributed by atoms with Gasteiger partial charge in [-0.3, -0.25) is 0 Å². The van der Waals surface area contributed by atoms with Crippen molar-refractivity contribution >= 4 is 11.4 Å². The van der Waals surface area contributed by atoms with Gasteiger partial charge in [0.2, 0.25) is 0 Å². The molecule has 0 amide bonds. The summed E-state index contributed by atoms with van der Waals surface area (Å²) in [5.41, 5.74) is 17.7. The Balaban J connectivity index is 1.33. The number of hydrogen-bond donors (Lipinski definition) is 2. The van der Waals surface area contributed by atoms with Gasteiger partial charge in [0.05, 0.1) is 0 Å². The molecule has 35 heavy (non-hydrogen) atoms. The van der Waals surface area contributed by atoms with Crippen molar-refractivity contribution in [3.8, 4) is 0 Å². The summed E-state index contributed by atoms with van der Waals surface area (Å²) >= 11 is 0. The van der Waals surface area contributed by atoms with E-state index in [-0.39, 0.29) is 0 Å². The molecular formula is C33H50N2. The molecule has 9 atom stereocenters. The zero-order valence-electron chi connectivity index (χ0n) is 23.0. The third-order valence-corrected chi connectivity index (χ3v) is 11.6. The number of nitrogens with two attached hydrogens (primary N) is 2. The highest BCUT2D eigenvalue weighted by Crippen LogP contribution is 2.67. The van der Waals surface area contributed by atoms with E-state index in [2.05, 4.69) is 65.0 Å². The smallest absolute Gasteiger partial charge is 0.0337 e. The summed E-state index contributed by atoms with van der Waals surface area (Å²) in [5, 5.41) is 0. The molecule has 0 saturated heterocycles. The number of rotatable bonds is 5. The second kappa shape index (κ2) is 9.31. The topological polar surface area (TPSA) is 52.0 Å². The van der Waals surface area contributed by atoms with E-state index in [1.165, 1.54) is 68.9 Å². The van der Waals surface area contributed by atoms with Gasteiger partial charge < -0.3 is 11.5 Å². The Morgan fingerprint density at radius 2 is 1.63 bits per heavy atom. The number of fused-ring (bicyclic) bond motifs is 5. The number of allylic oxidation sites excluding steroid dienone is 4. The van der Waals surface area contributed by atoms with Crippen molar-refractivity contribution in [2.75, 3.05) is 11.5 Å². The molecule has 4 N–H and O–H groups in total. The minimum Gasteiger partial charge on any atom is -0.399 e. The van der Waals surface area contributed by atoms with Crippen LogP contribution in [0.25, 0.3) is 0 Å². The van der Waals surface area contributed by atoms with Gasteiger partial charge in [-0.1, -0.05) is 44.6 Å². The highest BCUT2D eigenvalue weighted by atomic mass is 14.6. The molecule has 5 rings (SSSR count). The lowest BCUT2D eigenvalue weighted by Crippen LogP contribution is -2.51. The van der Waals surface area contributed by atoms with E-state index in [4.69, 9.17) is 11.5 Å². The molecule has 0 spiro atoms. The van der Waals surface area contributed by atoms with E-state index in [1.807, 2.05) is 6.07 Å². The number of hydrogen-bond acceptors (Lipinski definition) is 2. The summed E-state index contributed by atoms with van der Waals surface area (Å²) in [5.74, 6) is 5.57. The second-order valence-electron chi connectivity index (χ2n) is 13.8. The monoisotopic (exact) mass is 474 g/mol. The van der Waals surface area contributed by atoms with Crippen LogP contribution in [-0.2, 0) is 0 Å². The maximum atomic E-state index is 6.15. The SMILES string of the molecule is CC(C)=CCCC(C)C1CCC2C3C=CC4CC(c5cc(N)cc(N)c5)CCC4(C)C3CCC12C. The second-order valence-corrected chi connectivity index (χ2v) is 13.8. The van der Waals surface area contributed by atoms with Gasteiger partial charge in [0.1, 0.15) is 0 Å². The molecule has 0 bridgehead atoms. The molecule has 0 heterocycles. The average molecular weight is 475 g/mol. The molecule has 4 aliphatic carbocycles. The Kier molecular flexibility index (Phi) is 6.64. The molecule has 9 unspecified atom stereocenters. The summed E-state index contributed by atoms with van der Waals surface area (Å²) in [6.45, 7) is 12.4. The quantitative estimate of drug-likeness (QED) is 0.331. The Morgan fingerprint density at radius 1 is 0.943 bits per heavy atom. The van der Waals surface area contributed by atoms with Crippen LogP contribution in [-0.4, -0.2) is 0 Å². The Hall–Kier alpha value is -1.70. The van der Waals surface area contributed by atoms with Crippen molar-refractivity contribution < 1.29 is 0 Å². The lowest BCUT2D eigenvalue weighted by molar-refractivity contribution is -0.0667. The van der Waals surface area contributed by atoms with Gasteiger partial charge in [-0.05, 0) is 148 Å². The number of benzene rings is 1. The summed E-state index contributed by atoms with van der Waals surface area (Å²) in [6, 6.07) is 6.23. The maximum absolute atomic E-state index is 6.15. The molecule has 0 aromatic heterocycles. The van der Waals surface area contributed by atoms with Crippen LogP contribution in [0.15, 0.2) is 42.0 Å². The van der Waals surface area contributed by atoms with Crippen molar-refractivity contribution in [3.05, 3.63) is 47.6 Å². The molecule has 2 heteroatoms. The van der Waals surface area contributed by atoms with Crippen molar-refractivity contribution in [1.82, 2.24) is 0 Å². The zero-order valence-corrected chi connectivity index (χ0v) is 23.0. The third kappa shape index (κ3) is 4.38. The fourth-order valence-electron chi connectivity index (χ4n) is 9.67. The lowest BCUT2D eigenvalue weighted by atomic mass is 9.45. The number of anilines is 2. The molecule has 2 nitrogen and oxygen atoms in total. The van der Waals surface area contributed by atoms with E-state index in [0.29, 0.717) is 22.7 Å². The van der Waals surface area contributed by atoms with Gasteiger partial charge in [-0.15, -0.1) is 0 Å². The van der Waals surface area contributed by atoms with Crippen LogP contribution in [0.1, 0.15) is 104 Å². The minimum absolute atomic E-state index is 0.455. The van der Waals surface area contributed by atoms with Crippen LogP contribution in [0.5, 0.6) is 0 Å². The average Bonchev–Trinajstić information content (AvgIpc) is 3.15. The zero-order chi connectivity index (χ0) is 25.0. The minimum atomic E-state index is 0.455. The molecule has 1 aromatic rings. The van der Waals surface area contributed by atoms with Crippen LogP contribution >= 0.6 is 0 Å². The van der Waals surface area contributed by atoms with Crippen molar-refractivity contribution in [2.45, 2.75) is 98.3 Å². The first-order chi connectivity index (χ1) is 16.6. The van der Waals surface area contributed by atoms with Crippen LogP contribution in [0, 0.1) is 46.3 Å². The molecule has 0 aliphatic heterocycles. The lowest BCUT2D eigenvalue weighted by Gasteiger charge is -2.59. The standard InChI is InChI=1S/C33H50N2/c1-21(2)7-6-8-22(3)29-11-12-30-28-10-9-25-17-23(24-18-26(34)20-27(35)19-24)13-15-32(25,4)31(28)14-16-33(29,30)5/h7,9-10,18-20,22-23,25,28-31H,6,8,11-17,34-35H2,1-5H3. The van der Waals surface area contributed by atoms with Crippen LogP contribution in [0.4, 0.5) is 11.4 Å². The molecule has 3 saturated carbocycles. The first-order valence-electron chi connectivity index (χ1n) is 14.6. The van der Waals surface area contributed by atoms with Crippen molar-refractivity contribution in [1.29, 1.82) is 0 Å². The summed E-state index contributed by atoms with van der Waals surface area (Å²) in [7, 11) is 0. The first kappa shape index (κ1) is 25.0. The molecule has 3 fully saturated rings. The Bertz CT molecular complexity index is 967.